The minimum absolute atomic E-state index is 0.0640. The third-order valence-electron chi connectivity index (χ3n) is 4.96. The third kappa shape index (κ3) is 3.76. The molecule has 1 aliphatic rings. The van der Waals surface area contributed by atoms with Gasteiger partial charge >= 0.3 is 0 Å². The summed E-state index contributed by atoms with van der Waals surface area (Å²) in [5, 5.41) is 4.40. The second-order valence-electron chi connectivity index (χ2n) is 6.68. The Kier molecular flexibility index (Phi) is 5.91. The average molecular weight is 488 g/mol. The Morgan fingerprint density at radius 3 is 2.88 bits per heavy atom. The van der Waals surface area contributed by atoms with E-state index < -0.39 is 5.54 Å². The highest BCUT2D eigenvalue weighted by Gasteiger charge is 2.44. The lowest BCUT2D eigenvalue weighted by molar-refractivity contribution is 0.241. The number of amidine groups is 1. The Balaban J connectivity index is 1.99. The zero-order chi connectivity index (χ0) is 18.9. The normalized spacial score (nSPS) is 24.3. The van der Waals surface area contributed by atoms with Gasteiger partial charge in [-0.1, -0.05) is 36.8 Å². The molecule has 0 saturated carbocycles. The van der Waals surface area contributed by atoms with Gasteiger partial charge in [0.25, 0.3) is 0 Å². The van der Waals surface area contributed by atoms with Crippen molar-refractivity contribution in [3.8, 4) is 0 Å². The summed E-state index contributed by atoms with van der Waals surface area (Å²) in [5.74, 6) is 1.97. The quantitative estimate of drug-likeness (QED) is 0.623. The molecule has 1 aromatic carbocycles. The molecule has 0 amide bonds. The number of nitrogens with two attached hydrogens (primary N) is 1. The molecule has 2 N–H and O–H groups in total. The van der Waals surface area contributed by atoms with Crippen LogP contribution in [-0.4, -0.2) is 21.1 Å². The zero-order valence-corrected chi connectivity index (χ0v) is 18.0. The van der Waals surface area contributed by atoms with E-state index in [1.807, 2.05) is 19.1 Å². The predicted molar refractivity (Wildman–Crippen MR) is 111 cm³/mol. The minimum Gasteiger partial charge on any atom is -0.379 e. The molecule has 1 aliphatic heterocycles. The van der Waals surface area contributed by atoms with Gasteiger partial charge in [-0.25, -0.2) is 4.39 Å². The van der Waals surface area contributed by atoms with Crippen LogP contribution in [0.5, 0.6) is 0 Å². The fraction of sp³-hybridized carbons (Fsp3) is 0.500. The molecule has 0 fully saturated rings. The molecule has 0 spiro atoms. The molecule has 8 heteroatoms. The van der Waals surface area contributed by atoms with Crippen LogP contribution >= 0.6 is 34.4 Å². The monoisotopic (exact) mass is 488 g/mol. The van der Waals surface area contributed by atoms with Crippen LogP contribution in [0.15, 0.2) is 27.7 Å². The first kappa shape index (κ1) is 19.6. The summed E-state index contributed by atoms with van der Waals surface area (Å²) in [7, 11) is 0. The summed E-state index contributed by atoms with van der Waals surface area (Å²) in [4.78, 5) is 9.12. The zero-order valence-electron chi connectivity index (χ0n) is 15.0. The van der Waals surface area contributed by atoms with Crippen molar-refractivity contribution in [3.05, 3.63) is 44.9 Å². The summed E-state index contributed by atoms with van der Waals surface area (Å²) < 4.78 is 21.1. The van der Waals surface area contributed by atoms with E-state index in [0.29, 0.717) is 28.9 Å². The van der Waals surface area contributed by atoms with Crippen LogP contribution in [0.25, 0.3) is 0 Å². The first-order valence-electron chi connectivity index (χ1n) is 8.59. The molecule has 2 heterocycles. The van der Waals surface area contributed by atoms with Crippen LogP contribution in [-0.2, 0) is 5.54 Å². The smallest absolute Gasteiger partial charge is 0.229 e. The Morgan fingerprint density at radius 2 is 2.27 bits per heavy atom. The van der Waals surface area contributed by atoms with E-state index in [1.54, 1.807) is 13.0 Å². The maximum atomic E-state index is 14.9. The van der Waals surface area contributed by atoms with Crippen molar-refractivity contribution in [2.24, 2.45) is 16.6 Å². The molecule has 0 bridgehead atoms. The fourth-order valence-corrected chi connectivity index (χ4v) is 5.09. The number of hydrogen-bond donors (Lipinski definition) is 1. The second-order valence-corrected chi connectivity index (χ2v) is 8.96. The Bertz CT molecular complexity index is 827. The lowest BCUT2D eigenvalue weighted by atomic mass is 9.73. The van der Waals surface area contributed by atoms with Crippen molar-refractivity contribution < 1.29 is 8.91 Å². The van der Waals surface area contributed by atoms with Crippen molar-refractivity contribution >= 4 is 39.5 Å². The highest BCUT2D eigenvalue weighted by molar-refractivity contribution is 14.1. The van der Waals surface area contributed by atoms with E-state index in [2.05, 4.69) is 39.7 Å². The number of nitrogens with zero attached hydrogens (tertiary/aromatic N) is 3. The molecule has 0 unspecified atom stereocenters. The lowest BCUT2D eigenvalue weighted by Crippen LogP contribution is -2.41. The molecule has 3 rings (SSSR count). The average Bonchev–Trinajstić information content (AvgIpc) is 3.03. The van der Waals surface area contributed by atoms with Crippen LogP contribution in [0.3, 0.4) is 0 Å². The summed E-state index contributed by atoms with van der Waals surface area (Å²) in [6.45, 7) is 5.90. The largest absolute Gasteiger partial charge is 0.379 e. The molecule has 2 aromatic rings. The van der Waals surface area contributed by atoms with E-state index in [0.717, 1.165) is 15.7 Å². The minimum atomic E-state index is -0.674. The molecule has 26 heavy (non-hydrogen) atoms. The van der Waals surface area contributed by atoms with Gasteiger partial charge in [-0.15, -0.1) is 0 Å². The van der Waals surface area contributed by atoms with Gasteiger partial charge in [0.05, 0.1) is 5.54 Å². The van der Waals surface area contributed by atoms with E-state index >= 15 is 0 Å². The molecule has 140 valence electrons. The third-order valence-corrected chi connectivity index (χ3v) is 6.58. The molecule has 0 saturated heterocycles. The highest BCUT2D eigenvalue weighted by atomic mass is 127. The van der Waals surface area contributed by atoms with Gasteiger partial charge in [0, 0.05) is 20.8 Å². The van der Waals surface area contributed by atoms with Gasteiger partial charge in [-0.05, 0) is 60.4 Å². The number of aliphatic imine (C=N–C) groups is 1. The summed E-state index contributed by atoms with van der Waals surface area (Å²) >= 11 is 3.64. The summed E-state index contributed by atoms with van der Waals surface area (Å²) in [6, 6.07) is 5.33. The van der Waals surface area contributed by atoms with Crippen molar-refractivity contribution in [2.75, 3.05) is 5.75 Å². The van der Waals surface area contributed by atoms with Crippen LogP contribution in [0.4, 0.5) is 4.39 Å². The standard InChI is InChI=1S/C18H22FIN4OS/c1-4-18(14-6-5-13(20)8-15(14)19)12(9-26-17(21)23-18)7-10(2)16-22-11(3)24-25-16/h5-6,8,10,12H,4,7,9H2,1-3H3,(H2,21,23)/t10-,12+,18+/m1/s1. The highest BCUT2D eigenvalue weighted by Crippen LogP contribution is 2.47. The lowest BCUT2D eigenvalue weighted by Gasteiger charge is -2.41. The van der Waals surface area contributed by atoms with Crippen LogP contribution in [0, 0.1) is 22.2 Å². The van der Waals surface area contributed by atoms with Crippen molar-refractivity contribution in [2.45, 2.75) is 45.1 Å². The van der Waals surface area contributed by atoms with E-state index in [-0.39, 0.29) is 17.7 Å². The topological polar surface area (TPSA) is 77.3 Å². The number of thioether (sulfide) groups is 1. The van der Waals surface area contributed by atoms with Gasteiger partial charge in [0.15, 0.2) is 11.0 Å². The van der Waals surface area contributed by atoms with E-state index in [1.165, 1.54) is 11.8 Å². The Labute approximate surface area is 170 Å². The summed E-state index contributed by atoms with van der Waals surface area (Å²) in [5.41, 5.74) is 6.00. The van der Waals surface area contributed by atoms with Crippen molar-refractivity contribution in [1.29, 1.82) is 0 Å². The molecule has 1 aromatic heterocycles. The van der Waals surface area contributed by atoms with Crippen LogP contribution < -0.4 is 5.73 Å². The number of benzene rings is 1. The number of hydrogen-bond acceptors (Lipinski definition) is 6. The fourth-order valence-electron chi connectivity index (χ4n) is 3.63. The van der Waals surface area contributed by atoms with Crippen molar-refractivity contribution in [1.82, 2.24) is 10.1 Å². The number of halogens is 2. The first-order chi connectivity index (χ1) is 12.4. The van der Waals surface area contributed by atoms with Crippen LogP contribution in [0.1, 0.15) is 49.9 Å². The summed E-state index contributed by atoms with van der Waals surface area (Å²) in [6.07, 6.45) is 1.44. The number of aryl methyl sites for hydroxylation is 1. The maximum Gasteiger partial charge on any atom is 0.229 e. The van der Waals surface area contributed by atoms with Gasteiger partial charge in [0.2, 0.25) is 5.89 Å². The molecule has 0 aliphatic carbocycles. The second kappa shape index (κ2) is 7.84. The van der Waals surface area contributed by atoms with Gasteiger partial charge in [0.1, 0.15) is 5.82 Å². The van der Waals surface area contributed by atoms with Crippen LogP contribution in [0.2, 0.25) is 0 Å². The number of aromatic nitrogens is 2. The van der Waals surface area contributed by atoms with E-state index in [9.17, 15) is 4.39 Å². The molecular weight excluding hydrogens is 466 g/mol. The molecule has 3 atom stereocenters. The van der Waals surface area contributed by atoms with Crippen molar-refractivity contribution in [3.63, 3.8) is 0 Å². The SMILES string of the molecule is CC[C@]1(c2ccc(I)cc2F)N=C(N)SC[C@@H]1C[C@@H](C)c1nc(C)no1. The Morgan fingerprint density at radius 1 is 1.50 bits per heavy atom. The van der Waals surface area contributed by atoms with Gasteiger partial charge in [-0.2, -0.15) is 4.98 Å². The molecule has 5 nitrogen and oxygen atoms in total. The van der Waals surface area contributed by atoms with Gasteiger partial charge < -0.3 is 10.3 Å². The Hall–Kier alpha value is -1.16. The predicted octanol–water partition coefficient (Wildman–Crippen LogP) is 4.60. The number of rotatable bonds is 5. The maximum absolute atomic E-state index is 14.9. The van der Waals surface area contributed by atoms with E-state index in [4.69, 9.17) is 15.2 Å². The van der Waals surface area contributed by atoms with Gasteiger partial charge in [-0.3, -0.25) is 4.99 Å². The molecule has 0 radical (unpaired) electrons. The first-order valence-corrected chi connectivity index (χ1v) is 10.7. The molecular formula is C18H22FIN4OS.